The maximum atomic E-state index is 4.27. The van der Waals surface area contributed by atoms with Gasteiger partial charge in [0.15, 0.2) is 5.65 Å². The molecule has 2 N–H and O–H groups in total. The Morgan fingerprint density at radius 2 is 2.33 bits per heavy atom. The topological polar surface area (TPSA) is 54.2 Å². The lowest BCUT2D eigenvalue weighted by Crippen LogP contribution is -2.31. The van der Waals surface area contributed by atoms with Gasteiger partial charge in [0.1, 0.15) is 12.1 Å². The van der Waals surface area contributed by atoms with Crippen molar-refractivity contribution in [2.75, 3.05) is 18.4 Å². The Labute approximate surface area is 107 Å². The molecule has 2 aromatic heterocycles. The molecule has 1 saturated heterocycles. The van der Waals surface area contributed by atoms with E-state index in [1.807, 2.05) is 10.6 Å². The van der Waals surface area contributed by atoms with Gasteiger partial charge in [0.05, 0.1) is 0 Å². The van der Waals surface area contributed by atoms with Crippen LogP contribution in [-0.4, -0.2) is 33.7 Å². The Balaban J connectivity index is 1.86. The summed E-state index contributed by atoms with van der Waals surface area (Å²) in [6.07, 6.45) is 5.35. The van der Waals surface area contributed by atoms with E-state index >= 15 is 0 Å². The van der Waals surface area contributed by atoms with Crippen LogP contribution >= 0.6 is 0 Å². The molecule has 1 aliphatic rings. The summed E-state index contributed by atoms with van der Waals surface area (Å²) in [5.41, 5.74) is 2.11. The first-order valence-corrected chi connectivity index (χ1v) is 6.60. The first kappa shape index (κ1) is 11.5. The standard InChI is InChI=1S/C13H19N5/c1-10-6-12-15-9-16-18(12)13(7-10)17-11-4-2-3-5-14-8-11/h6-7,9,11,14,17H,2-5,8H2,1H3. The van der Waals surface area contributed by atoms with Crippen molar-refractivity contribution in [2.24, 2.45) is 0 Å². The fourth-order valence-corrected chi connectivity index (χ4v) is 2.51. The fraction of sp³-hybridized carbons (Fsp3) is 0.538. The summed E-state index contributed by atoms with van der Waals surface area (Å²) in [6, 6.07) is 4.65. The van der Waals surface area contributed by atoms with E-state index in [2.05, 4.69) is 33.7 Å². The zero-order valence-corrected chi connectivity index (χ0v) is 10.7. The van der Waals surface area contributed by atoms with Crippen LogP contribution in [0, 0.1) is 6.92 Å². The third-order valence-corrected chi connectivity index (χ3v) is 3.42. The van der Waals surface area contributed by atoms with E-state index in [9.17, 15) is 0 Å². The second kappa shape index (κ2) is 4.94. The van der Waals surface area contributed by atoms with Gasteiger partial charge in [0.2, 0.25) is 0 Å². The molecule has 0 spiro atoms. The number of aromatic nitrogens is 3. The van der Waals surface area contributed by atoms with Crippen molar-refractivity contribution in [3.05, 3.63) is 24.0 Å². The summed E-state index contributed by atoms with van der Waals surface area (Å²) < 4.78 is 1.87. The molecular weight excluding hydrogens is 226 g/mol. The molecule has 3 heterocycles. The average molecular weight is 245 g/mol. The lowest BCUT2D eigenvalue weighted by molar-refractivity contribution is 0.630. The summed E-state index contributed by atoms with van der Waals surface area (Å²) in [5.74, 6) is 1.04. The summed E-state index contributed by atoms with van der Waals surface area (Å²) in [4.78, 5) is 4.25. The first-order valence-electron chi connectivity index (χ1n) is 6.60. The Morgan fingerprint density at radius 1 is 1.39 bits per heavy atom. The first-order chi connectivity index (χ1) is 8.83. The second-order valence-corrected chi connectivity index (χ2v) is 4.99. The van der Waals surface area contributed by atoms with E-state index in [0.717, 1.165) is 24.6 Å². The largest absolute Gasteiger partial charge is 0.366 e. The molecule has 0 aromatic carbocycles. The average Bonchev–Trinajstić information content (AvgIpc) is 2.66. The number of pyridine rings is 1. The summed E-state index contributed by atoms with van der Waals surface area (Å²) in [5, 5.41) is 11.3. The van der Waals surface area contributed by atoms with Crippen molar-refractivity contribution in [3.63, 3.8) is 0 Å². The summed E-state index contributed by atoms with van der Waals surface area (Å²) in [7, 11) is 0. The summed E-state index contributed by atoms with van der Waals surface area (Å²) >= 11 is 0. The van der Waals surface area contributed by atoms with Gasteiger partial charge in [0, 0.05) is 12.6 Å². The van der Waals surface area contributed by atoms with Crippen LogP contribution in [0.4, 0.5) is 5.82 Å². The highest BCUT2D eigenvalue weighted by atomic mass is 15.3. The van der Waals surface area contributed by atoms with Crippen LogP contribution in [0.3, 0.4) is 0 Å². The number of anilines is 1. The van der Waals surface area contributed by atoms with Gasteiger partial charge in [-0.2, -0.15) is 9.61 Å². The Bertz CT molecular complexity index is 525. The predicted octanol–water partition coefficient (Wildman–Crippen LogP) is 1.59. The number of hydrogen-bond donors (Lipinski definition) is 2. The van der Waals surface area contributed by atoms with E-state index in [1.54, 1.807) is 6.33 Å². The molecule has 1 fully saturated rings. The van der Waals surface area contributed by atoms with Crippen molar-refractivity contribution in [1.29, 1.82) is 0 Å². The van der Waals surface area contributed by atoms with Crippen molar-refractivity contribution in [2.45, 2.75) is 32.2 Å². The quantitative estimate of drug-likeness (QED) is 0.843. The molecule has 0 bridgehead atoms. The monoisotopic (exact) mass is 245 g/mol. The zero-order valence-electron chi connectivity index (χ0n) is 10.7. The van der Waals surface area contributed by atoms with E-state index in [4.69, 9.17) is 0 Å². The zero-order chi connectivity index (χ0) is 12.4. The van der Waals surface area contributed by atoms with Crippen LogP contribution in [0.25, 0.3) is 5.65 Å². The molecule has 0 aliphatic carbocycles. The molecule has 5 heteroatoms. The number of hydrogen-bond acceptors (Lipinski definition) is 4. The van der Waals surface area contributed by atoms with Crippen molar-refractivity contribution < 1.29 is 0 Å². The molecule has 3 rings (SSSR count). The van der Waals surface area contributed by atoms with Gasteiger partial charge in [-0.1, -0.05) is 6.42 Å². The highest BCUT2D eigenvalue weighted by Crippen LogP contribution is 2.16. The van der Waals surface area contributed by atoms with E-state index in [0.29, 0.717) is 6.04 Å². The molecule has 0 saturated carbocycles. The van der Waals surface area contributed by atoms with Gasteiger partial charge in [-0.3, -0.25) is 0 Å². The second-order valence-electron chi connectivity index (χ2n) is 4.99. The van der Waals surface area contributed by atoms with Crippen LogP contribution < -0.4 is 10.6 Å². The molecule has 1 unspecified atom stereocenters. The summed E-state index contributed by atoms with van der Waals surface area (Å²) in [6.45, 7) is 4.24. The SMILES string of the molecule is Cc1cc(NC2CCCCNC2)n2ncnc2c1. The van der Waals surface area contributed by atoms with Crippen molar-refractivity contribution in [3.8, 4) is 0 Å². The van der Waals surface area contributed by atoms with Gasteiger partial charge in [-0.15, -0.1) is 0 Å². The highest BCUT2D eigenvalue weighted by Gasteiger charge is 2.13. The molecule has 1 atom stereocenters. The van der Waals surface area contributed by atoms with Crippen LogP contribution in [0.2, 0.25) is 0 Å². The van der Waals surface area contributed by atoms with Gasteiger partial charge in [0.25, 0.3) is 0 Å². The minimum Gasteiger partial charge on any atom is -0.366 e. The Kier molecular flexibility index (Phi) is 3.15. The Morgan fingerprint density at radius 3 is 3.28 bits per heavy atom. The predicted molar refractivity (Wildman–Crippen MR) is 71.9 cm³/mol. The van der Waals surface area contributed by atoms with E-state index in [-0.39, 0.29) is 0 Å². The van der Waals surface area contributed by atoms with Gasteiger partial charge in [-0.25, -0.2) is 4.98 Å². The number of rotatable bonds is 2. The van der Waals surface area contributed by atoms with Crippen molar-refractivity contribution in [1.82, 2.24) is 19.9 Å². The molecule has 0 radical (unpaired) electrons. The van der Waals surface area contributed by atoms with Crippen molar-refractivity contribution >= 4 is 11.5 Å². The third-order valence-electron chi connectivity index (χ3n) is 3.42. The molecular formula is C13H19N5. The van der Waals surface area contributed by atoms with E-state index in [1.165, 1.54) is 24.8 Å². The minimum absolute atomic E-state index is 0.474. The molecule has 2 aromatic rings. The highest BCUT2D eigenvalue weighted by molar-refractivity contribution is 5.51. The van der Waals surface area contributed by atoms with Gasteiger partial charge >= 0.3 is 0 Å². The van der Waals surface area contributed by atoms with Gasteiger partial charge < -0.3 is 10.6 Å². The van der Waals surface area contributed by atoms with Gasteiger partial charge in [-0.05, 0) is 44.0 Å². The van der Waals surface area contributed by atoms with E-state index < -0.39 is 0 Å². The Hall–Kier alpha value is -1.62. The molecule has 5 nitrogen and oxygen atoms in total. The normalized spacial score (nSPS) is 20.8. The molecule has 96 valence electrons. The lowest BCUT2D eigenvalue weighted by Gasteiger charge is -2.18. The minimum atomic E-state index is 0.474. The van der Waals surface area contributed by atoms with Crippen LogP contribution in [-0.2, 0) is 0 Å². The molecule has 1 aliphatic heterocycles. The lowest BCUT2D eigenvalue weighted by atomic mass is 10.1. The third kappa shape index (κ3) is 2.31. The number of fused-ring (bicyclic) bond motifs is 1. The van der Waals surface area contributed by atoms with Crippen LogP contribution in [0.1, 0.15) is 24.8 Å². The van der Waals surface area contributed by atoms with Crippen LogP contribution in [0.5, 0.6) is 0 Å². The number of nitrogens with one attached hydrogen (secondary N) is 2. The smallest absolute Gasteiger partial charge is 0.157 e. The maximum absolute atomic E-state index is 4.27. The fourth-order valence-electron chi connectivity index (χ4n) is 2.51. The number of nitrogens with zero attached hydrogens (tertiary/aromatic N) is 3. The molecule has 18 heavy (non-hydrogen) atoms. The molecule has 0 amide bonds. The maximum Gasteiger partial charge on any atom is 0.157 e. The van der Waals surface area contributed by atoms with Crippen LogP contribution in [0.15, 0.2) is 18.5 Å². The number of aryl methyl sites for hydroxylation is 1.